The lowest BCUT2D eigenvalue weighted by Gasteiger charge is -2.23. The van der Waals surface area contributed by atoms with Crippen LogP contribution in [0.15, 0.2) is 6.20 Å². The predicted octanol–water partition coefficient (Wildman–Crippen LogP) is 5.26. The van der Waals surface area contributed by atoms with Crippen molar-refractivity contribution in [1.82, 2.24) is 14.4 Å². The second-order valence-corrected chi connectivity index (χ2v) is 8.00. The number of aryl methyl sites for hydroxylation is 2. The van der Waals surface area contributed by atoms with Gasteiger partial charge in [0, 0.05) is 17.5 Å². The van der Waals surface area contributed by atoms with Gasteiger partial charge in [-0.15, -0.1) is 0 Å². The molecule has 4 heteroatoms. The molecule has 0 saturated heterocycles. The lowest BCUT2D eigenvalue weighted by Crippen LogP contribution is -2.13. The first-order chi connectivity index (χ1) is 10.2. The Hall–Kier alpha value is -1.09. The molecule has 0 aliphatic carbocycles. The van der Waals surface area contributed by atoms with Crippen LogP contribution in [0.3, 0.4) is 0 Å². The van der Waals surface area contributed by atoms with E-state index in [9.17, 15) is 0 Å². The number of rotatable bonds is 5. The second kappa shape index (κ2) is 6.57. The molecule has 1 unspecified atom stereocenters. The fraction of sp³-hybridized carbons (Fsp3) is 0.667. The van der Waals surface area contributed by atoms with Crippen molar-refractivity contribution in [2.75, 3.05) is 0 Å². The zero-order chi connectivity index (χ0) is 16.5. The van der Waals surface area contributed by atoms with Gasteiger partial charge in [-0.2, -0.15) is 0 Å². The van der Waals surface area contributed by atoms with Crippen LogP contribution in [0.1, 0.15) is 64.4 Å². The molecular formula is C18H28ClN3. The third-order valence-corrected chi connectivity index (χ3v) is 4.39. The zero-order valence-corrected chi connectivity index (χ0v) is 15.5. The van der Waals surface area contributed by atoms with Crippen LogP contribution in [0.4, 0.5) is 0 Å². The highest BCUT2D eigenvalue weighted by Gasteiger charge is 2.18. The Bertz CT molecular complexity index is 652. The van der Waals surface area contributed by atoms with Crippen LogP contribution < -0.4 is 0 Å². The molecule has 2 aromatic heterocycles. The maximum Gasteiger partial charge on any atom is 0.235 e. The lowest BCUT2D eigenvalue weighted by molar-refractivity contribution is 0.297. The summed E-state index contributed by atoms with van der Waals surface area (Å²) in [5, 5.41) is 0.623. The van der Waals surface area contributed by atoms with Crippen LogP contribution in [0.2, 0.25) is 5.15 Å². The molecule has 2 heterocycles. The highest BCUT2D eigenvalue weighted by molar-refractivity contribution is 6.30. The number of imidazole rings is 1. The standard InChI is InChI=1S/C18H28ClN3/c1-7-15-14(9-8-12(2)10-18(4,5)6)16(19)21-17-20-13(3)11-22(15)17/h11-12H,7-10H2,1-6H3. The van der Waals surface area contributed by atoms with E-state index in [1.807, 2.05) is 6.92 Å². The minimum Gasteiger partial charge on any atom is -0.288 e. The van der Waals surface area contributed by atoms with Gasteiger partial charge in [-0.05, 0) is 43.9 Å². The Morgan fingerprint density at radius 3 is 2.55 bits per heavy atom. The molecule has 0 fully saturated rings. The molecule has 22 heavy (non-hydrogen) atoms. The third kappa shape index (κ3) is 4.01. The number of hydrogen-bond acceptors (Lipinski definition) is 2. The summed E-state index contributed by atoms with van der Waals surface area (Å²) in [5.41, 5.74) is 3.80. The Morgan fingerprint density at radius 2 is 1.95 bits per heavy atom. The van der Waals surface area contributed by atoms with Gasteiger partial charge >= 0.3 is 0 Å². The number of halogens is 1. The van der Waals surface area contributed by atoms with Crippen LogP contribution in [0.5, 0.6) is 0 Å². The topological polar surface area (TPSA) is 30.2 Å². The SMILES string of the molecule is CCc1c(CCC(C)CC(C)(C)C)c(Cl)nc2nc(C)cn12. The van der Waals surface area contributed by atoms with E-state index in [4.69, 9.17) is 11.6 Å². The molecule has 0 aromatic carbocycles. The van der Waals surface area contributed by atoms with Gasteiger partial charge in [0.2, 0.25) is 5.78 Å². The van der Waals surface area contributed by atoms with E-state index in [0.717, 1.165) is 25.0 Å². The minimum absolute atomic E-state index is 0.375. The molecule has 0 aliphatic heterocycles. The molecule has 2 rings (SSSR count). The highest BCUT2D eigenvalue weighted by atomic mass is 35.5. The van der Waals surface area contributed by atoms with Crippen LogP contribution in [-0.4, -0.2) is 14.4 Å². The van der Waals surface area contributed by atoms with E-state index in [2.05, 4.69) is 55.2 Å². The van der Waals surface area contributed by atoms with E-state index < -0.39 is 0 Å². The van der Waals surface area contributed by atoms with E-state index in [1.54, 1.807) is 0 Å². The first-order valence-electron chi connectivity index (χ1n) is 8.24. The average Bonchev–Trinajstić information content (AvgIpc) is 2.73. The van der Waals surface area contributed by atoms with Crippen molar-refractivity contribution in [3.8, 4) is 0 Å². The maximum atomic E-state index is 6.45. The van der Waals surface area contributed by atoms with Crippen molar-refractivity contribution in [1.29, 1.82) is 0 Å². The largest absolute Gasteiger partial charge is 0.288 e. The van der Waals surface area contributed by atoms with Gasteiger partial charge in [0.25, 0.3) is 0 Å². The Balaban J connectivity index is 2.25. The van der Waals surface area contributed by atoms with Gasteiger partial charge in [-0.3, -0.25) is 4.40 Å². The molecule has 3 nitrogen and oxygen atoms in total. The monoisotopic (exact) mass is 321 g/mol. The Kier molecular flexibility index (Phi) is 5.16. The van der Waals surface area contributed by atoms with Crippen LogP contribution in [-0.2, 0) is 12.8 Å². The summed E-state index contributed by atoms with van der Waals surface area (Å²) in [6.45, 7) is 13.4. The minimum atomic E-state index is 0.375. The van der Waals surface area contributed by atoms with Gasteiger partial charge in [-0.25, -0.2) is 9.97 Å². The summed E-state index contributed by atoms with van der Waals surface area (Å²) >= 11 is 6.45. The molecular weight excluding hydrogens is 294 g/mol. The number of fused-ring (bicyclic) bond motifs is 1. The molecule has 0 bridgehead atoms. The molecule has 122 valence electrons. The van der Waals surface area contributed by atoms with E-state index in [1.165, 1.54) is 17.7 Å². The molecule has 0 saturated carbocycles. The molecule has 1 atom stereocenters. The van der Waals surface area contributed by atoms with Gasteiger partial charge in [-0.1, -0.05) is 46.2 Å². The molecule has 0 aliphatic rings. The van der Waals surface area contributed by atoms with Gasteiger partial charge in [0.05, 0.1) is 5.69 Å². The van der Waals surface area contributed by atoms with Gasteiger partial charge in [0.1, 0.15) is 5.15 Å². The Labute approximate surface area is 139 Å². The summed E-state index contributed by atoms with van der Waals surface area (Å²) in [7, 11) is 0. The zero-order valence-electron chi connectivity index (χ0n) is 14.7. The van der Waals surface area contributed by atoms with Crippen molar-refractivity contribution in [2.24, 2.45) is 11.3 Å². The number of hydrogen-bond donors (Lipinski definition) is 0. The normalized spacial score (nSPS) is 13.8. The first kappa shape index (κ1) is 17.3. The highest BCUT2D eigenvalue weighted by Crippen LogP contribution is 2.29. The van der Waals surface area contributed by atoms with Crippen molar-refractivity contribution < 1.29 is 0 Å². The fourth-order valence-corrected chi connectivity index (χ4v) is 3.63. The first-order valence-corrected chi connectivity index (χ1v) is 8.62. The molecule has 2 aromatic rings. The smallest absolute Gasteiger partial charge is 0.235 e. The summed E-state index contributed by atoms with van der Waals surface area (Å²) in [4.78, 5) is 8.91. The fourth-order valence-electron chi connectivity index (χ4n) is 3.35. The van der Waals surface area contributed by atoms with Crippen molar-refractivity contribution in [2.45, 2.75) is 67.2 Å². The van der Waals surface area contributed by atoms with E-state index in [-0.39, 0.29) is 0 Å². The van der Waals surface area contributed by atoms with Gasteiger partial charge < -0.3 is 0 Å². The van der Waals surface area contributed by atoms with Crippen molar-refractivity contribution >= 4 is 17.4 Å². The van der Waals surface area contributed by atoms with E-state index >= 15 is 0 Å². The predicted molar refractivity (Wildman–Crippen MR) is 93.7 cm³/mol. The van der Waals surface area contributed by atoms with Crippen molar-refractivity contribution in [3.05, 3.63) is 28.3 Å². The number of nitrogens with zero attached hydrogens (tertiary/aromatic N) is 3. The summed E-state index contributed by atoms with van der Waals surface area (Å²) in [6.07, 6.45) is 6.35. The molecule has 0 N–H and O–H groups in total. The molecule has 0 amide bonds. The third-order valence-electron chi connectivity index (χ3n) is 4.08. The summed E-state index contributed by atoms with van der Waals surface area (Å²) < 4.78 is 2.10. The molecule has 0 spiro atoms. The quantitative estimate of drug-likeness (QED) is 0.703. The average molecular weight is 322 g/mol. The van der Waals surface area contributed by atoms with Crippen LogP contribution in [0.25, 0.3) is 5.78 Å². The van der Waals surface area contributed by atoms with E-state index in [0.29, 0.717) is 22.3 Å². The molecule has 0 radical (unpaired) electrons. The second-order valence-electron chi connectivity index (χ2n) is 7.64. The van der Waals surface area contributed by atoms with Crippen LogP contribution in [0, 0.1) is 18.3 Å². The van der Waals surface area contributed by atoms with Gasteiger partial charge in [0.15, 0.2) is 0 Å². The summed E-state index contributed by atoms with van der Waals surface area (Å²) in [6, 6.07) is 0. The number of aromatic nitrogens is 3. The maximum absolute atomic E-state index is 6.45. The lowest BCUT2D eigenvalue weighted by atomic mass is 9.83. The van der Waals surface area contributed by atoms with Crippen LogP contribution >= 0.6 is 11.6 Å². The van der Waals surface area contributed by atoms with Crippen molar-refractivity contribution in [3.63, 3.8) is 0 Å². The summed E-state index contributed by atoms with van der Waals surface area (Å²) in [5.74, 6) is 1.40. The Morgan fingerprint density at radius 1 is 1.27 bits per heavy atom.